The molecular weight excluding hydrogens is 439 g/mol. The standard InChI is InChI=1S/C28H34F3NO2/c1-4-34-26(33)16-21-15-25-13-14-27(17-21,23-9-11-24(12-10-23)28(29,30)31)32(25)18-20-5-7-22(8-6-20)19(2)3/h5-12,19,21,25H,4,13-18H2,1-3H3/t21?,25-,27+/m1/s1. The van der Waals surface area contributed by atoms with Crippen molar-refractivity contribution >= 4 is 5.97 Å². The van der Waals surface area contributed by atoms with Crippen molar-refractivity contribution in [1.82, 2.24) is 4.90 Å². The molecule has 2 aliphatic heterocycles. The molecule has 2 heterocycles. The molecule has 0 aliphatic carbocycles. The van der Waals surface area contributed by atoms with Gasteiger partial charge in [0.15, 0.2) is 0 Å². The summed E-state index contributed by atoms with van der Waals surface area (Å²) in [7, 11) is 0. The fourth-order valence-electron chi connectivity index (χ4n) is 5.96. The van der Waals surface area contributed by atoms with Gasteiger partial charge in [-0.15, -0.1) is 0 Å². The van der Waals surface area contributed by atoms with Gasteiger partial charge in [0.1, 0.15) is 0 Å². The monoisotopic (exact) mass is 473 g/mol. The number of halogens is 3. The molecule has 6 heteroatoms. The van der Waals surface area contributed by atoms with Crippen molar-refractivity contribution in [1.29, 1.82) is 0 Å². The number of alkyl halides is 3. The molecule has 2 aromatic rings. The Kier molecular flexibility index (Phi) is 7.09. The lowest BCUT2D eigenvalue weighted by atomic mass is 9.75. The van der Waals surface area contributed by atoms with E-state index in [1.54, 1.807) is 19.1 Å². The van der Waals surface area contributed by atoms with E-state index >= 15 is 0 Å². The van der Waals surface area contributed by atoms with Crippen molar-refractivity contribution < 1.29 is 22.7 Å². The lowest BCUT2D eigenvalue weighted by Gasteiger charge is -2.48. The molecule has 0 saturated carbocycles. The average Bonchev–Trinajstić information content (AvgIpc) is 2.99. The second-order valence-electron chi connectivity index (χ2n) is 10.1. The maximum absolute atomic E-state index is 13.2. The molecule has 0 N–H and O–H groups in total. The van der Waals surface area contributed by atoms with Crippen LogP contribution in [0.15, 0.2) is 48.5 Å². The second-order valence-corrected chi connectivity index (χ2v) is 10.1. The van der Waals surface area contributed by atoms with Crippen molar-refractivity contribution in [2.45, 2.75) is 83.1 Å². The van der Waals surface area contributed by atoms with Gasteiger partial charge in [0.25, 0.3) is 0 Å². The number of benzene rings is 2. The predicted molar refractivity (Wildman–Crippen MR) is 126 cm³/mol. The molecule has 1 unspecified atom stereocenters. The number of hydrogen-bond acceptors (Lipinski definition) is 3. The van der Waals surface area contributed by atoms with Crippen LogP contribution in [0.2, 0.25) is 0 Å². The maximum atomic E-state index is 13.2. The van der Waals surface area contributed by atoms with Gasteiger partial charge >= 0.3 is 12.1 Å². The van der Waals surface area contributed by atoms with Crippen LogP contribution in [-0.2, 0) is 27.8 Å². The summed E-state index contributed by atoms with van der Waals surface area (Å²) in [6.07, 6.45) is -0.477. The van der Waals surface area contributed by atoms with Crippen molar-refractivity contribution in [3.8, 4) is 0 Å². The summed E-state index contributed by atoms with van der Waals surface area (Å²) in [5, 5.41) is 0. The number of piperidine rings is 1. The van der Waals surface area contributed by atoms with Gasteiger partial charge in [0.05, 0.1) is 12.2 Å². The summed E-state index contributed by atoms with van der Waals surface area (Å²) in [4.78, 5) is 14.7. The molecular formula is C28H34F3NO2. The van der Waals surface area contributed by atoms with E-state index in [1.165, 1.54) is 23.3 Å². The van der Waals surface area contributed by atoms with Crippen LogP contribution in [0.25, 0.3) is 0 Å². The highest BCUT2D eigenvalue weighted by Gasteiger charge is 2.52. The molecule has 0 spiro atoms. The molecule has 34 heavy (non-hydrogen) atoms. The molecule has 2 aromatic carbocycles. The number of esters is 1. The van der Waals surface area contributed by atoms with E-state index in [-0.39, 0.29) is 17.4 Å². The van der Waals surface area contributed by atoms with Gasteiger partial charge in [-0.2, -0.15) is 13.2 Å². The zero-order chi connectivity index (χ0) is 24.5. The summed E-state index contributed by atoms with van der Waals surface area (Å²) < 4.78 is 44.9. The number of carbonyl (C=O) groups excluding carboxylic acids is 1. The molecule has 2 fully saturated rings. The topological polar surface area (TPSA) is 29.5 Å². The third kappa shape index (κ3) is 5.02. The Bertz CT molecular complexity index is 984. The summed E-state index contributed by atoms with van der Waals surface area (Å²) in [5.41, 5.74) is 2.40. The number of ether oxygens (including phenoxy) is 1. The number of fused-ring (bicyclic) bond motifs is 2. The first kappa shape index (κ1) is 24.8. The normalized spacial score (nSPS) is 25.0. The molecule has 4 rings (SSSR count). The fraction of sp³-hybridized carbons (Fsp3) is 0.536. The molecule has 0 aromatic heterocycles. The van der Waals surface area contributed by atoms with Gasteiger partial charge in [-0.1, -0.05) is 50.2 Å². The Morgan fingerprint density at radius 1 is 1.12 bits per heavy atom. The minimum atomic E-state index is -4.36. The third-order valence-corrected chi connectivity index (χ3v) is 7.62. The summed E-state index contributed by atoms with van der Waals surface area (Å²) in [6, 6.07) is 14.6. The van der Waals surface area contributed by atoms with Crippen LogP contribution in [-0.4, -0.2) is 23.5 Å². The zero-order valence-corrected chi connectivity index (χ0v) is 20.2. The molecule has 0 radical (unpaired) electrons. The minimum absolute atomic E-state index is 0.161. The Morgan fingerprint density at radius 3 is 2.38 bits per heavy atom. The summed E-state index contributed by atoms with van der Waals surface area (Å²) in [5.74, 6) is 0.433. The van der Waals surface area contributed by atoms with Gasteiger partial charge < -0.3 is 4.74 Å². The van der Waals surface area contributed by atoms with E-state index in [0.29, 0.717) is 25.0 Å². The van der Waals surface area contributed by atoms with E-state index in [2.05, 4.69) is 43.0 Å². The summed E-state index contributed by atoms with van der Waals surface area (Å²) >= 11 is 0. The summed E-state index contributed by atoms with van der Waals surface area (Å²) in [6.45, 7) is 7.25. The number of nitrogens with zero attached hydrogens (tertiary/aromatic N) is 1. The first-order valence-corrected chi connectivity index (χ1v) is 12.3. The molecule has 3 atom stereocenters. The van der Waals surface area contributed by atoms with Crippen LogP contribution in [0.5, 0.6) is 0 Å². The third-order valence-electron chi connectivity index (χ3n) is 7.62. The Balaban J connectivity index is 1.65. The lowest BCUT2D eigenvalue weighted by Crippen LogP contribution is -2.50. The van der Waals surface area contributed by atoms with Crippen LogP contribution in [0.1, 0.15) is 81.0 Å². The predicted octanol–water partition coefficient (Wildman–Crippen LogP) is 7.05. The van der Waals surface area contributed by atoms with E-state index in [0.717, 1.165) is 37.8 Å². The van der Waals surface area contributed by atoms with Crippen LogP contribution >= 0.6 is 0 Å². The van der Waals surface area contributed by atoms with Crippen molar-refractivity contribution in [3.63, 3.8) is 0 Å². The highest BCUT2D eigenvalue weighted by Crippen LogP contribution is 2.54. The van der Waals surface area contributed by atoms with E-state index in [1.807, 2.05) is 0 Å². The minimum Gasteiger partial charge on any atom is -0.466 e. The molecule has 184 valence electrons. The fourth-order valence-corrected chi connectivity index (χ4v) is 5.96. The molecule has 2 aliphatic rings. The van der Waals surface area contributed by atoms with Gasteiger partial charge in [-0.25, -0.2) is 0 Å². The van der Waals surface area contributed by atoms with E-state index < -0.39 is 11.7 Å². The Hall–Kier alpha value is -2.34. The number of hydrogen-bond donors (Lipinski definition) is 0. The van der Waals surface area contributed by atoms with Gasteiger partial charge in [0, 0.05) is 24.5 Å². The number of rotatable bonds is 7. The SMILES string of the molecule is CCOC(=O)CC1C[C@H]2CC[C@@](c3ccc(C(F)(F)F)cc3)(C1)N2Cc1ccc(C(C)C)cc1. The van der Waals surface area contributed by atoms with E-state index in [4.69, 9.17) is 4.74 Å². The smallest absolute Gasteiger partial charge is 0.416 e. The highest BCUT2D eigenvalue weighted by molar-refractivity contribution is 5.69. The average molecular weight is 474 g/mol. The van der Waals surface area contributed by atoms with Crippen LogP contribution in [0, 0.1) is 5.92 Å². The Labute approximate surface area is 200 Å². The van der Waals surface area contributed by atoms with Crippen molar-refractivity contribution in [2.24, 2.45) is 5.92 Å². The van der Waals surface area contributed by atoms with E-state index in [9.17, 15) is 18.0 Å². The van der Waals surface area contributed by atoms with Gasteiger partial charge in [-0.05, 0) is 73.3 Å². The van der Waals surface area contributed by atoms with Crippen LogP contribution in [0.3, 0.4) is 0 Å². The van der Waals surface area contributed by atoms with Crippen molar-refractivity contribution in [3.05, 3.63) is 70.8 Å². The first-order chi connectivity index (χ1) is 16.1. The van der Waals surface area contributed by atoms with Gasteiger partial charge in [0.2, 0.25) is 0 Å². The largest absolute Gasteiger partial charge is 0.466 e. The molecule has 2 bridgehead atoms. The Morgan fingerprint density at radius 2 is 1.79 bits per heavy atom. The number of carbonyl (C=O) groups is 1. The molecule has 0 amide bonds. The zero-order valence-electron chi connectivity index (χ0n) is 20.2. The highest BCUT2D eigenvalue weighted by atomic mass is 19.4. The lowest BCUT2D eigenvalue weighted by molar-refractivity contribution is -0.145. The van der Waals surface area contributed by atoms with Gasteiger partial charge in [-0.3, -0.25) is 9.69 Å². The van der Waals surface area contributed by atoms with Crippen LogP contribution < -0.4 is 0 Å². The van der Waals surface area contributed by atoms with Crippen LogP contribution in [0.4, 0.5) is 13.2 Å². The molecule has 2 saturated heterocycles. The maximum Gasteiger partial charge on any atom is 0.416 e. The quantitative estimate of drug-likeness (QED) is 0.404. The first-order valence-electron chi connectivity index (χ1n) is 12.3. The van der Waals surface area contributed by atoms with Crippen molar-refractivity contribution in [2.75, 3.05) is 6.61 Å². The molecule has 3 nitrogen and oxygen atoms in total. The second kappa shape index (κ2) is 9.73.